The number of aromatic nitrogens is 1. The molecule has 0 atom stereocenters. The van der Waals surface area contributed by atoms with Crippen LogP contribution in [0, 0.1) is 0 Å². The smallest absolute Gasteiger partial charge is 0.354 e. The van der Waals surface area contributed by atoms with Crippen LogP contribution in [0.4, 0.5) is 5.82 Å². The molecule has 2 rings (SSSR count). The quantitative estimate of drug-likeness (QED) is 0.886. The number of nitrogens with zero attached hydrogens (tertiary/aromatic N) is 1. The fourth-order valence-electron chi connectivity index (χ4n) is 1.53. The van der Waals surface area contributed by atoms with Gasteiger partial charge in [-0.2, -0.15) is 0 Å². The number of rotatable bonds is 2. The van der Waals surface area contributed by atoms with Crippen molar-refractivity contribution >= 4 is 35.0 Å². The summed E-state index contributed by atoms with van der Waals surface area (Å²) in [6.45, 7) is 0. The number of aromatic carboxylic acids is 1. The van der Waals surface area contributed by atoms with Crippen LogP contribution < -0.4 is 5.73 Å². The normalized spacial score (nSPS) is 10.3. The summed E-state index contributed by atoms with van der Waals surface area (Å²) in [6.07, 6.45) is 0. The summed E-state index contributed by atoms with van der Waals surface area (Å²) >= 11 is 11.9. The largest absolute Gasteiger partial charge is 0.477 e. The van der Waals surface area contributed by atoms with E-state index in [4.69, 9.17) is 34.0 Å². The highest BCUT2D eigenvalue weighted by atomic mass is 35.5. The number of carboxylic acids is 1. The maximum atomic E-state index is 10.8. The van der Waals surface area contributed by atoms with E-state index in [1.54, 1.807) is 24.3 Å². The highest BCUT2D eigenvalue weighted by Crippen LogP contribution is 2.33. The van der Waals surface area contributed by atoms with Crippen LogP contribution in [0.1, 0.15) is 10.5 Å². The van der Waals surface area contributed by atoms with Gasteiger partial charge in [0.15, 0.2) is 5.69 Å². The Morgan fingerprint density at radius 2 is 1.83 bits per heavy atom. The molecule has 18 heavy (non-hydrogen) atoms. The zero-order valence-corrected chi connectivity index (χ0v) is 10.5. The fourth-order valence-corrected chi connectivity index (χ4v) is 2.04. The van der Waals surface area contributed by atoms with E-state index >= 15 is 0 Å². The van der Waals surface area contributed by atoms with Crippen LogP contribution in [0.25, 0.3) is 11.1 Å². The van der Waals surface area contributed by atoms with Crippen LogP contribution >= 0.6 is 23.2 Å². The molecule has 2 aromatic rings. The van der Waals surface area contributed by atoms with E-state index in [2.05, 4.69) is 4.98 Å². The average molecular weight is 283 g/mol. The van der Waals surface area contributed by atoms with Crippen molar-refractivity contribution in [3.63, 3.8) is 0 Å². The van der Waals surface area contributed by atoms with E-state index in [0.29, 0.717) is 21.2 Å². The predicted octanol–water partition coefficient (Wildman–Crippen LogP) is 3.34. The number of halogens is 2. The van der Waals surface area contributed by atoms with Crippen molar-refractivity contribution in [1.29, 1.82) is 0 Å². The van der Waals surface area contributed by atoms with Crippen molar-refractivity contribution in [2.45, 2.75) is 0 Å². The van der Waals surface area contributed by atoms with Gasteiger partial charge in [0.1, 0.15) is 5.82 Å². The van der Waals surface area contributed by atoms with Crippen LogP contribution in [0.15, 0.2) is 30.3 Å². The highest BCUT2D eigenvalue weighted by molar-refractivity contribution is 6.36. The molecule has 92 valence electrons. The standard InChI is InChI=1S/C12H8Cl2N2O2/c13-6-1-2-7(9(14)5-6)8-3-4-10(12(17)18)16-11(8)15/h1-5H,(H2,15,16)(H,17,18). The van der Waals surface area contributed by atoms with E-state index in [0.717, 1.165) is 0 Å². The minimum Gasteiger partial charge on any atom is -0.477 e. The Bertz CT molecular complexity index is 629. The second kappa shape index (κ2) is 4.84. The van der Waals surface area contributed by atoms with Crippen molar-refractivity contribution in [2.24, 2.45) is 0 Å². The van der Waals surface area contributed by atoms with Gasteiger partial charge in [0.2, 0.25) is 0 Å². The summed E-state index contributed by atoms with van der Waals surface area (Å²) in [6, 6.07) is 7.91. The SMILES string of the molecule is Nc1nc(C(=O)O)ccc1-c1ccc(Cl)cc1Cl. The number of nitrogen functional groups attached to an aromatic ring is 1. The summed E-state index contributed by atoms with van der Waals surface area (Å²) in [4.78, 5) is 14.6. The van der Waals surface area contributed by atoms with Gasteiger partial charge >= 0.3 is 5.97 Å². The highest BCUT2D eigenvalue weighted by Gasteiger charge is 2.12. The van der Waals surface area contributed by atoms with Crippen molar-refractivity contribution in [2.75, 3.05) is 5.73 Å². The Morgan fingerprint density at radius 1 is 1.17 bits per heavy atom. The topological polar surface area (TPSA) is 76.2 Å². The second-order valence-corrected chi connectivity index (χ2v) is 4.40. The van der Waals surface area contributed by atoms with Crippen LogP contribution in [0.2, 0.25) is 10.0 Å². The minimum absolute atomic E-state index is 0.110. The first-order chi connectivity index (χ1) is 8.49. The molecule has 0 radical (unpaired) electrons. The molecule has 0 amide bonds. The molecular weight excluding hydrogens is 275 g/mol. The maximum Gasteiger partial charge on any atom is 0.354 e. The molecule has 0 bridgehead atoms. The number of pyridine rings is 1. The number of anilines is 1. The number of hydrogen-bond donors (Lipinski definition) is 2. The Balaban J connectivity index is 2.54. The van der Waals surface area contributed by atoms with Gasteiger partial charge in [-0.25, -0.2) is 9.78 Å². The van der Waals surface area contributed by atoms with Gasteiger partial charge in [-0.05, 0) is 24.3 Å². The molecule has 1 heterocycles. The molecule has 6 heteroatoms. The molecule has 1 aromatic carbocycles. The Labute approximate surface area is 113 Å². The molecule has 0 saturated heterocycles. The third kappa shape index (κ3) is 2.39. The number of benzene rings is 1. The van der Waals surface area contributed by atoms with Crippen molar-refractivity contribution in [3.05, 3.63) is 46.1 Å². The van der Waals surface area contributed by atoms with Gasteiger partial charge in [0, 0.05) is 16.1 Å². The van der Waals surface area contributed by atoms with Gasteiger partial charge in [0.05, 0.1) is 5.02 Å². The molecule has 0 aliphatic carbocycles. The van der Waals surface area contributed by atoms with Crippen LogP contribution in [0.3, 0.4) is 0 Å². The lowest BCUT2D eigenvalue weighted by molar-refractivity contribution is 0.0690. The number of hydrogen-bond acceptors (Lipinski definition) is 3. The summed E-state index contributed by atoms with van der Waals surface area (Å²) in [5.41, 5.74) is 6.85. The first-order valence-corrected chi connectivity index (χ1v) is 5.70. The molecule has 0 unspecified atom stereocenters. The van der Waals surface area contributed by atoms with Gasteiger partial charge < -0.3 is 10.8 Å². The lowest BCUT2D eigenvalue weighted by atomic mass is 10.1. The van der Waals surface area contributed by atoms with Crippen molar-refractivity contribution < 1.29 is 9.90 Å². The van der Waals surface area contributed by atoms with E-state index in [1.807, 2.05) is 0 Å². The van der Waals surface area contributed by atoms with Crippen LogP contribution in [-0.2, 0) is 0 Å². The predicted molar refractivity (Wildman–Crippen MR) is 71.1 cm³/mol. The minimum atomic E-state index is -1.13. The van der Waals surface area contributed by atoms with E-state index in [9.17, 15) is 4.79 Å². The second-order valence-electron chi connectivity index (χ2n) is 3.56. The lowest BCUT2D eigenvalue weighted by Gasteiger charge is -2.08. The molecule has 4 nitrogen and oxygen atoms in total. The first kappa shape index (κ1) is 12.7. The van der Waals surface area contributed by atoms with E-state index < -0.39 is 5.97 Å². The van der Waals surface area contributed by atoms with Gasteiger partial charge in [-0.3, -0.25) is 0 Å². The zero-order valence-electron chi connectivity index (χ0n) is 9.02. The van der Waals surface area contributed by atoms with Gasteiger partial charge in [0.25, 0.3) is 0 Å². The monoisotopic (exact) mass is 282 g/mol. The van der Waals surface area contributed by atoms with E-state index in [1.165, 1.54) is 6.07 Å². The number of carbonyl (C=O) groups is 1. The Hall–Kier alpha value is -1.78. The molecule has 0 saturated carbocycles. The molecule has 3 N–H and O–H groups in total. The summed E-state index contributed by atoms with van der Waals surface area (Å²) in [7, 11) is 0. The lowest BCUT2D eigenvalue weighted by Crippen LogP contribution is -2.04. The molecule has 0 spiro atoms. The zero-order chi connectivity index (χ0) is 13.3. The summed E-state index contributed by atoms with van der Waals surface area (Å²) < 4.78 is 0. The molecule has 1 aromatic heterocycles. The van der Waals surface area contributed by atoms with Crippen LogP contribution in [0.5, 0.6) is 0 Å². The Morgan fingerprint density at radius 3 is 2.39 bits per heavy atom. The van der Waals surface area contributed by atoms with Crippen molar-refractivity contribution in [1.82, 2.24) is 4.98 Å². The van der Waals surface area contributed by atoms with Gasteiger partial charge in [-0.15, -0.1) is 0 Å². The van der Waals surface area contributed by atoms with Crippen molar-refractivity contribution in [3.8, 4) is 11.1 Å². The molecular formula is C12H8Cl2N2O2. The Kier molecular flexibility index (Phi) is 3.41. The molecule has 0 fully saturated rings. The van der Waals surface area contributed by atoms with Crippen LogP contribution in [-0.4, -0.2) is 16.1 Å². The molecule has 0 aliphatic rings. The number of nitrogens with two attached hydrogens (primary N) is 1. The first-order valence-electron chi connectivity index (χ1n) is 4.94. The molecule has 0 aliphatic heterocycles. The average Bonchev–Trinajstić information content (AvgIpc) is 2.30. The third-order valence-corrected chi connectivity index (χ3v) is 2.91. The third-order valence-electron chi connectivity index (χ3n) is 2.37. The fraction of sp³-hybridized carbons (Fsp3) is 0. The summed E-state index contributed by atoms with van der Waals surface area (Å²) in [5, 5.41) is 9.74. The number of carboxylic acid groups (broad SMARTS) is 1. The van der Waals surface area contributed by atoms with E-state index in [-0.39, 0.29) is 11.5 Å². The summed E-state index contributed by atoms with van der Waals surface area (Å²) in [5.74, 6) is -1.02. The maximum absolute atomic E-state index is 10.8. The van der Waals surface area contributed by atoms with Gasteiger partial charge in [-0.1, -0.05) is 29.3 Å².